The lowest BCUT2D eigenvalue weighted by Gasteiger charge is -2.47. The van der Waals surface area contributed by atoms with Gasteiger partial charge in [-0.2, -0.15) is 13.2 Å². The normalized spacial score (nSPS) is 23.6. The Bertz CT molecular complexity index is 851. The summed E-state index contributed by atoms with van der Waals surface area (Å²) in [6, 6.07) is 21.1. The van der Waals surface area contributed by atoms with Crippen molar-refractivity contribution < 1.29 is 18.0 Å². The monoisotopic (exact) mass is 431 g/mol. The van der Waals surface area contributed by atoms with Crippen LogP contribution < -0.4 is 0 Å². The lowest BCUT2D eigenvalue weighted by molar-refractivity contribution is -0.187. The third-order valence-electron chi connectivity index (χ3n) is 6.45. The molecule has 2 aliphatic heterocycles. The van der Waals surface area contributed by atoms with Gasteiger partial charge in [-0.15, -0.1) is 0 Å². The molecule has 1 amide bonds. The molecule has 4 nitrogen and oxygen atoms in total. The van der Waals surface area contributed by atoms with E-state index in [0.717, 1.165) is 31.0 Å². The number of carbonyl (C=O) groups is 1. The van der Waals surface area contributed by atoms with Gasteiger partial charge in [0.2, 0.25) is 0 Å². The number of amides is 1. The predicted molar refractivity (Wildman–Crippen MR) is 114 cm³/mol. The van der Waals surface area contributed by atoms with E-state index in [4.69, 9.17) is 0 Å². The minimum absolute atomic E-state index is 0.129. The van der Waals surface area contributed by atoms with Gasteiger partial charge in [0.15, 0.2) is 0 Å². The van der Waals surface area contributed by atoms with Gasteiger partial charge in [-0.05, 0) is 17.5 Å². The van der Waals surface area contributed by atoms with Crippen molar-refractivity contribution in [3.63, 3.8) is 0 Å². The summed E-state index contributed by atoms with van der Waals surface area (Å²) in [4.78, 5) is 17.3. The van der Waals surface area contributed by atoms with E-state index in [1.54, 1.807) is 0 Å². The fourth-order valence-corrected chi connectivity index (χ4v) is 4.89. The molecule has 0 unspecified atom stereocenters. The van der Waals surface area contributed by atoms with Crippen LogP contribution in [0.5, 0.6) is 0 Å². The van der Waals surface area contributed by atoms with E-state index in [0.29, 0.717) is 13.1 Å². The lowest BCUT2D eigenvalue weighted by atomic mass is 9.84. The second-order valence-corrected chi connectivity index (χ2v) is 8.42. The zero-order valence-corrected chi connectivity index (χ0v) is 17.5. The van der Waals surface area contributed by atoms with E-state index in [1.165, 1.54) is 11.1 Å². The summed E-state index contributed by atoms with van der Waals surface area (Å²) < 4.78 is 38.3. The molecule has 2 fully saturated rings. The number of likely N-dealkylation sites (tertiary alicyclic amines) is 1. The molecule has 2 heterocycles. The molecule has 0 aliphatic carbocycles. The van der Waals surface area contributed by atoms with Gasteiger partial charge in [0, 0.05) is 57.8 Å². The molecule has 0 spiro atoms. The molecular weight excluding hydrogens is 403 g/mol. The largest absolute Gasteiger partial charge is 0.471 e. The highest BCUT2D eigenvalue weighted by atomic mass is 19.4. The van der Waals surface area contributed by atoms with E-state index in [1.807, 2.05) is 24.3 Å². The van der Waals surface area contributed by atoms with Crippen LogP contribution in [0.3, 0.4) is 0 Å². The molecule has 166 valence electrons. The van der Waals surface area contributed by atoms with Gasteiger partial charge in [-0.25, -0.2) is 0 Å². The van der Waals surface area contributed by atoms with E-state index in [-0.39, 0.29) is 25.0 Å². The van der Waals surface area contributed by atoms with Crippen molar-refractivity contribution in [2.75, 3.05) is 39.3 Å². The molecular formula is C24H28F3N3O. The number of rotatable bonds is 4. The maximum absolute atomic E-state index is 12.8. The quantitative estimate of drug-likeness (QED) is 0.738. The van der Waals surface area contributed by atoms with Gasteiger partial charge in [0.1, 0.15) is 0 Å². The maximum atomic E-state index is 12.8. The Hall–Kier alpha value is -2.38. The second-order valence-electron chi connectivity index (χ2n) is 8.42. The van der Waals surface area contributed by atoms with Crippen LogP contribution in [0.25, 0.3) is 0 Å². The summed E-state index contributed by atoms with van der Waals surface area (Å²) in [6.07, 6.45) is -3.84. The average molecular weight is 432 g/mol. The highest BCUT2D eigenvalue weighted by molar-refractivity contribution is 5.81. The molecule has 2 aromatic rings. The molecule has 0 N–H and O–H groups in total. The van der Waals surface area contributed by atoms with Crippen LogP contribution in [0.4, 0.5) is 13.2 Å². The van der Waals surface area contributed by atoms with Crippen LogP contribution >= 0.6 is 0 Å². The zero-order valence-electron chi connectivity index (χ0n) is 17.5. The van der Waals surface area contributed by atoms with Crippen LogP contribution in [0.15, 0.2) is 60.7 Å². The molecule has 4 rings (SSSR count). The van der Waals surface area contributed by atoms with Crippen molar-refractivity contribution in [1.29, 1.82) is 0 Å². The molecule has 7 heteroatoms. The van der Waals surface area contributed by atoms with Crippen molar-refractivity contribution >= 4 is 5.91 Å². The Labute approximate surface area is 181 Å². The van der Waals surface area contributed by atoms with Gasteiger partial charge >= 0.3 is 12.1 Å². The molecule has 2 atom stereocenters. The molecule has 2 saturated heterocycles. The highest BCUT2D eigenvalue weighted by Gasteiger charge is 2.44. The number of alkyl halides is 3. The first-order valence-corrected chi connectivity index (χ1v) is 10.8. The van der Waals surface area contributed by atoms with Crippen LogP contribution in [0.1, 0.15) is 23.5 Å². The van der Waals surface area contributed by atoms with Crippen LogP contribution in [0, 0.1) is 0 Å². The predicted octanol–water partition coefficient (Wildman–Crippen LogP) is 3.75. The Morgan fingerprint density at radius 1 is 0.871 bits per heavy atom. The van der Waals surface area contributed by atoms with Gasteiger partial charge < -0.3 is 4.90 Å². The SMILES string of the molecule is O=C(N1CCN([C@@H]2CCN(Cc3ccccc3)C[C@@H]2c2ccccc2)CC1)C(F)(F)F. The van der Waals surface area contributed by atoms with Gasteiger partial charge in [-0.3, -0.25) is 14.6 Å². The number of piperidine rings is 1. The van der Waals surface area contributed by atoms with E-state index in [2.05, 4.69) is 46.2 Å². The number of halogens is 3. The van der Waals surface area contributed by atoms with Crippen molar-refractivity contribution in [2.45, 2.75) is 31.1 Å². The number of piperazine rings is 1. The molecule has 0 radical (unpaired) electrons. The molecule has 0 aromatic heterocycles. The average Bonchev–Trinajstić information content (AvgIpc) is 2.79. The first-order valence-electron chi connectivity index (χ1n) is 10.8. The molecule has 2 aliphatic rings. The highest BCUT2D eigenvalue weighted by Crippen LogP contribution is 2.32. The zero-order chi connectivity index (χ0) is 21.8. The van der Waals surface area contributed by atoms with E-state index in [9.17, 15) is 18.0 Å². The fraction of sp³-hybridized carbons (Fsp3) is 0.458. The van der Waals surface area contributed by atoms with Crippen molar-refractivity contribution in [1.82, 2.24) is 14.7 Å². The van der Waals surface area contributed by atoms with Crippen LogP contribution in [-0.4, -0.2) is 72.1 Å². The molecule has 0 saturated carbocycles. The van der Waals surface area contributed by atoms with Gasteiger partial charge in [0.05, 0.1) is 0 Å². The summed E-state index contributed by atoms with van der Waals surface area (Å²) in [7, 11) is 0. The van der Waals surface area contributed by atoms with Crippen molar-refractivity contribution in [2.24, 2.45) is 0 Å². The smallest absolute Gasteiger partial charge is 0.332 e. The Morgan fingerprint density at radius 2 is 1.48 bits per heavy atom. The number of carbonyl (C=O) groups excluding carboxylic acids is 1. The van der Waals surface area contributed by atoms with E-state index < -0.39 is 12.1 Å². The Balaban J connectivity index is 1.45. The maximum Gasteiger partial charge on any atom is 0.471 e. The van der Waals surface area contributed by atoms with Crippen molar-refractivity contribution in [3.05, 3.63) is 71.8 Å². The number of nitrogens with zero attached hydrogens (tertiary/aromatic N) is 3. The second kappa shape index (κ2) is 9.40. The topological polar surface area (TPSA) is 26.8 Å². The van der Waals surface area contributed by atoms with E-state index >= 15 is 0 Å². The first-order chi connectivity index (χ1) is 14.9. The standard InChI is InChI=1S/C24H28F3N3O/c25-24(26,27)23(31)30-15-13-29(14-16-30)22-11-12-28(17-19-7-3-1-4-8-19)18-21(22)20-9-5-2-6-10-20/h1-10,21-22H,11-18H2/t21-,22-/m1/s1. The minimum atomic E-state index is -4.79. The van der Waals surface area contributed by atoms with Crippen LogP contribution in [0.2, 0.25) is 0 Å². The summed E-state index contributed by atoms with van der Waals surface area (Å²) in [5.74, 6) is -1.44. The number of hydrogen-bond acceptors (Lipinski definition) is 3. The summed E-state index contributed by atoms with van der Waals surface area (Å²) in [5.41, 5.74) is 2.55. The summed E-state index contributed by atoms with van der Waals surface area (Å²) >= 11 is 0. The van der Waals surface area contributed by atoms with Gasteiger partial charge in [-0.1, -0.05) is 60.7 Å². The van der Waals surface area contributed by atoms with Crippen molar-refractivity contribution in [3.8, 4) is 0 Å². The number of benzene rings is 2. The minimum Gasteiger partial charge on any atom is -0.332 e. The third-order valence-corrected chi connectivity index (χ3v) is 6.45. The first kappa shape index (κ1) is 21.8. The summed E-state index contributed by atoms with van der Waals surface area (Å²) in [5, 5.41) is 0. The molecule has 31 heavy (non-hydrogen) atoms. The fourth-order valence-electron chi connectivity index (χ4n) is 4.89. The molecule has 2 aromatic carbocycles. The van der Waals surface area contributed by atoms with Crippen LogP contribution in [-0.2, 0) is 11.3 Å². The van der Waals surface area contributed by atoms with Gasteiger partial charge in [0.25, 0.3) is 0 Å². The lowest BCUT2D eigenvalue weighted by Crippen LogP contribution is -2.58. The Kier molecular flexibility index (Phi) is 6.62. The summed E-state index contributed by atoms with van der Waals surface area (Å²) in [6.45, 7) is 3.97. The Morgan fingerprint density at radius 3 is 2.10 bits per heavy atom. The molecule has 0 bridgehead atoms. The number of hydrogen-bond donors (Lipinski definition) is 0. The third kappa shape index (κ3) is 5.28.